The van der Waals surface area contributed by atoms with Crippen LogP contribution in [-0.4, -0.2) is 22.8 Å². The molecule has 1 heterocycles. The van der Waals surface area contributed by atoms with Crippen molar-refractivity contribution < 1.29 is 14.0 Å². The summed E-state index contributed by atoms with van der Waals surface area (Å²) in [4.78, 5) is 29.2. The number of aromatic nitrogens is 1. The van der Waals surface area contributed by atoms with Crippen molar-refractivity contribution in [2.75, 3.05) is 0 Å². The minimum Gasteiger partial charge on any atom is -0.349 e. The number of carbonyl (C=O) groups excluding carboxylic acids is 2. The summed E-state index contributed by atoms with van der Waals surface area (Å²) in [7, 11) is 0. The molecule has 1 aliphatic rings. The van der Waals surface area contributed by atoms with E-state index in [9.17, 15) is 14.0 Å². The first kappa shape index (κ1) is 21.6. The summed E-state index contributed by atoms with van der Waals surface area (Å²) in [6.45, 7) is 2.37. The molecular formula is C25H25FN4O2. The second-order valence-electron chi connectivity index (χ2n) is 8.04. The molecule has 1 fully saturated rings. The molecule has 2 aromatic carbocycles. The van der Waals surface area contributed by atoms with E-state index in [0.29, 0.717) is 23.4 Å². The van der Waals surface area contributed by atoms with E-state index in [0.717, 1.165) is 24.0 Å². The first-order chi connectivity index (χ1) is 15.4. The van der Waals surface area contributed by atoms with Crippen LogP contribution in [0.4, 0.5) is 4.39 Å². The van der Waals surface area contributed by atoms with E-state index in [1.807, 2.05) is 31.2 Å². The minimum absolute atomic E-state index is 0.0356. The van der Waals surface area contributed by atoms with Crippen LogP contribution in [0.15, 0.2) is 54.7 Å². The molecule has 3 aromatic rings. The van der Waals surface area contributed by atoms with Gasteiger partial charge in [-0.2, -0.15) is 0 Å². The van der Waals surface area contributed by atoms with E-state index in [-0.39, 0.29) is 35.5 Å². The summed E-state index contributed by atoms with van der Waals surface area (Å²) in [6.07, 6.45) is 3.32. The minimum atomic E-state index is -0.548. The van der Waals surface area contributed by atoms with Crippen molar-refractivity contribution in [2.24, 2.45) is 5.73 Å². The van der Waals surface area contributed by atoms with Gasteiger partial charge in [0.05, 0.1) is 11.3 Å². The lowest BCUT2D eigenvalue weighted by Crippen LogP contribution is -2.25. The Bertz CT molecular complexity index is 1160. The number of carbonyl (C=O) groups is 2. The second-order valence-corrected chi connectivity index (χ2v) is 8.04. The van der Waals surface area contributed by atoms with E-state index < -0.39 is 5.82 Å². The zero-order valence-electron chi connectivity index (χ0n) is 17.8. The number of nitrogens with two attached hydrogens (primary N) is 1. The van der Waals surface area contributed by atoms with Crippen molar-refractivity contribution in [3.8, 4) is 11.3 Å². The summed E-state index contributed by atoms with van der Waals surface area (Å²) in [5, 5.41) is 5.73. The van der Waals surface area contributed by atoms with Crippen molar-refractivity contribution in [2.45, 2.75) is 38.9 Å². The molecule has 6 nitrogen and oxygen atoms in total. The summed E-state index contributed by atoms with van der Waals surface area (Å²) in [5.41, 5.74) is 9.67. The molecule has 32 heavy (non-hydrogen) atoms. The van der Waals surface area contributed by atoms with Crippen LogP contribution in [0.5, 0.6) is 0 Å². The normalized spacial score (nSPS) is 13.0. The number of nitrogens with zero attached hydrogens (tertiary/aromatic N) is 1. The number of rotatable bonds is 7. The van der Waals surface area contributed by atoms with Crippen molar-refractivity contribution in [3.63, 3.8) is 0 Å². The van der Waals surface area contributed by atoms with Gasteiger partial charge < -0.3 is 16.4 Å². The highest BCUT2D eigenvalue weighted by molar-refractivity contribution is 5.96. The number of nitrogens with one attached hydrogen (secondary N) is 2. The van der Waals surface area contributed by atoms with Gasteiger partial charge >= 0.3 is 0 Å². The summed E-state index contributed by atoms with van der Waals surface area (Å²) in [5.74, 6) is -1.12. The van der Waals surface area contributed by atoms with Gasteiger partial charge in [-0.05, 0) is 49.6 Å². The number of hydrogen-bond acceptors (Lipinski definition) is 4. The Kier molecular flexibility index (Phi) is 6.28. The molecule has 1 aliphatic carbocycles. The highest BCUT2D eigenvalue weighted by atomic mass is 19.1. The fourth-order valence-corrected chi connectivity index (χ4v) is 3.49. The standard InChI is InChI=1S/C25H25FN4O2/c1-15-3-2-4-16(9-15)13-29-24(31)17-5-8-23(28-14-17)20-10-18(11-22(26)21(20)12-27)25(32)30-19-6-7-19/h2-5,8-11,14,19H,6-7,12-13,27H2,1H3,(H,29,31)(H,30,32). The molecule has 4 N–H and O–H groups in total. The molecule has 2 amide bonds. The highest BCUT2D eigenvalue weighted by Gasteiger charge is 2.25. The Labute approximate surface area is 186 Å². The van der Waals surface area contributed by atoms with Crippen molar-refractivity contribution >= 4 is 11.8 Å². The predicted molar refractivity (Wildman–Crippen MR) is 120 cm³/mol. The van der Waals surface area contributed by atoms with Crippen LogP contribution in [0.25, 0.3) is 11.3 Å². The van der Waals surface area contributed by atoms with Gasteiger partial charge in [-0.1, -0.05) is 29.8 Å². The zero-order chi connectivity index (χ0) is 22.7. The molecule has 0 aliphatic heterocycles. The topological polar surface area (TPSA) is 97.1 Å². The maximum atomic E-state index is 14.7. The fraction of sp³-hybridized carbons (Fsp3) is 0.240. The number of aryl methyl sites for hydroxylation is 1. The van der Waals surface area contributed by atoms with Crippen LogP contribution in [0, 0.1) is 12.7 Å². The molecule has 0 saturated heterocycles. The van der Waals surface area contributed by atoms with Gasteiger partial charge in [0.25, 0.3) is 11.8 Å². The largest absolute Gasteiger partial charge is 0.349 e. The Morgan fingerprint density at radius 3 is 2.56 bits per heavy atom. The third kappa shape index (κ3) is 5.00. The van der Waals surface area contributed by atoms with E-state index in [1.165, 1.54) is 12.3 Å². The lowest BCUT2D eigenvalue weighted by atomic mass is 9.99. The van der Waals surface area contributed by atoms with Crippen molar-refractivity contribution in [1.82, 2.24) is 15.6 Å². The lowest BCUT2D eigenvalue weighted by Gasteiger charge is -2.12. The maximum Gasteiger partial charge on any atom is 0.253 e. The van der Waals surface area contributed by atoms with Crippen LogP contribution >= 0.6 is 0 Å². The molecule has 0 unspecified atom stereocenters. The number of hydrogen-bond donors (Lipinski definition) is 3. The first-order valence-electron chi connectivity index (χ1n) is 10.6. The fourth-order valence-electron chi connectivity index (χ4n) is 3.49. The number of amides is 2. The van der Waals surface area contributed by atoms with Gasteiger partial charge in [0.1, 0.15) is 5.82 Å². The molecule has 0 radical (unpaired) electrons. The first-order valence-corrected chi connectivity index (χ1v) is 10.6. The zero-order valence-corrected chi connectivity index (χ0v) is 17.8. The van der Waals surface area contributed by atoms with E-state index >= 15 is 0 Å². The van der Waals surface area contributed by atoms with Gasteiger partial charge in [-0.3, -0.25) is 14.6 Å². The van der Waals surface area contributed by atoms with Gasteiger partial charge in [0, 0.05) is 42.0 Å². The maximum absolute atomic E-state index is 14.7. The molecule has 164 valence electrons. The third-order valence-corrected chi connectivity index (χ3v) is 5.41. The Hall–Kier alpha value is -3.58. The summed E-state index contributed by atoms with van der Waals surface area (Å²) < 4.78 is 14.7. The van der Waals surface area contributed by atoms with Gasteiger partial charge in [0.15, 0.2) is 0 Å². The number of halogens is 1. The molecule has 1 aromatic heterocycles. The summed E-state index contributed by atoms with van der Waals surface area (Å²) >= 11 is 0. The van der Waals surface area contributed by atoms with E-state index in [2.05, 4.69) is 15.6 Å². The lowest BCUT2D eigenvalue weighted by molar-refractivity contribution is 0.0942. The quantitative estimate of drug-likeness (QED) is 0.533. The van der Waals surface area contributed by atoms with E-state index in [1.54, 1.807) is 18.2 Å². The smallest absolute Gasteiger partial charge is 0.253 e. The SMILES string of the molecule is Cc1cccc(CNC(=O)c2ccc(-c3cc(C(=O)NC4CC4)cc(F)c3CN)nc2)c1. The molecule has 1 saturated carbocycles. The molecular weight excluding hydrogens is 407 g/mol. The monoisotopic (exact) mass is 432 g/mol. The summed E-state index contributed by atoms with van der Waals surface area (Å²) in [6, 6.07) is 14.1. The molecule has 0 bridgehead atoms. The van der Waals surface area contributed by atoms with Crippen molar-refractivity contribution in [1.29, 1.82) is 0 Å². The van der Waals surface area contributed by atoms with Gasteiger partial charge in [-0.15, -0.1) is 0 Å². The highest BCUT2D eigenvalue weighted by Crippen LogP contribution is 2.27. The Morgan fingerprint density at radius 2 is 1.91 bits per heavy atom. The number of pyridine rings is 1. The van der Waals surface area contributed by atoms with E-state index in [4.69, 9.17) is 5.73 Å². The van der Waals surface area contributed by atoms with Crippen LogP contribution in [0.2, 0.25) is 0 Å². The Balaban J connectivity index is 1.53. The van der Waals surface area contributed by atoms with Crippen LogP contribution in [0.1, 0.15) is 50.2 Å². The van der Waals surface area contributed by atoms with Crippen molar-refractivity contribution in [3.05, 3.63) is 88.4 Å². The van der Waals surface area contributed by atoms with Crippen LogP contribution in [-0.2, 0) is 13.1 Å². The molecule has 0 spiro atoms. The second kappa shape index (κ2) is 9.28. The number of benzene rings is 2. The van der Waals surface area contributed by atoms with Crippen LogP contribution < -0.4 is 16.4 Å². The average molecular weight is 432 g/mol. The van der Waals surface area contributed by atoms with Gasteiger partial charge in [0.2, 0.25) is 0 Å². The third-order valence-electron chi connectivity index (χ3n) is 5.41. The molecule has 0 atom stereocenters. The van der Waals surface area contributed by atoms with Crippen LogP contribution in [0.3, 0.4) is 0 Å². The average Bonchev–Trinajstić information content (AvgIpc) is 3.61. The Morgan fingerprint density at radius 1 is 1.09 bits per heavy atom. The molecule has 7 heteroatoms. The molecule has 4 rings (SSSR count). The van der Waals surface area contributed by atoms with Gasteiger partial charge in [-0.25, -0.2) is 4.39 Å². The predicted octanol–water partition coefficient (Wildman–Crippen LogP) is 3.48.